The van der Waals surface area contributed by atoms with Gasteiger partial charge in [-0.05, 0) is 109 Å². The van der Waals surface area contributed by atoms with Crippen LogP contribution in [0.1, 0.15) is 104 Å². The number of piperidine rings is 2. The molecule has 49 heavy (non-hydrogen) atoms. The van der Waals surface area contributed by atoms with Crippen molar-refractivity contribution in [3.63, 3.8) is 0 Å². The van der Waals surface area contributed by atoms with Crippen molar-refractivity contribution in [3.8, 4) is 0 Å². The molecule has 2 saturated heterocycles. The van der Waals surface area contributed by atoms with Gasteiger partial charge in [0.15, 0.2) is 0 Å². The summed E-state index contributed by atoms with van der Waals surface area (Å²) in [5, 5.41) is 5.45. The van der Waals surface area contributed by atoms with Crippen LogP contribution >= 0.6 is 23.2 Å². The first-order chi connectivity index (χ1) is 23.1. The largest absolute Gasteiger partial charge is 0.342 e. The van der Waals surface area contributed by atoms with E-state index in [1.165, 1.54) is 0 Å². The topological polar surface area (TPSA) is 65.6 Å². The number of halogens is 2. The first kappa shape index (κ1) is 39.2. The molecule has 10 heteroatoms. The van der Waals surface area contributed by atoms with Crippen molar-refractivity contribution >= 4 is 36.0 Å². The zero-order valence-electron chi connectivity index (χ0n) is 30.3. The van der Waals surface area contributed by atoms with Crippen LogP contribution in [0.15, 0.2) is 60.8 Å². The van der Waals surface area contributed by atoms with Gasteiger partial charge < -0.3 is 9.80 Å². The molecule has 0 aliphatic carbocycles. The van der Waals surface area contributed by atoms with Crippen LogP contribution in [0.4, 0.5) is 0 Å². The molecule has 2 aromatic carbocycles. The fourth-order valence-electron chi connectivity index (χ4n) is 7.83. The van der Waals surface area contributed by atoms with Crippen LogP contribution in [0.2, 0.25) is 10.0 Å². The molecule has 0 bridgehead atoms. The number of rotatable bonds is 17. The molecule has 8 nitrogen and oxygen atoms in total. The third kappa shape index (κ3) is 10.7. The van der Waals surface area contributed by atoms with Gasteiger partial charge >= 0.3 is 0 Å². The number of nitrogens with zero attached hydrogens (tertiary/aromatic N) is 4. The Kier molecular flexibility index (Phi) is 13.6. The van der Waals surface area contributed by atoms with Crippen LogP contribution in [0.25, 0.3) is 0 Å². The van der Waals surface area contributed by atoms with E-state index in [1.807, 2.05) is 63.4 Å². The fourth-order valence-corrected chi connectivity index (χ4v) is 8.09. The second kappa shape index (κ2) is 17.1. The normalized spacial score (nSPS) is 20.6. The van der Waals surface area contributed by atoms with Crippen LogP contribution in [-0.2, 0) is 32.5 Å². The average molecular weight is 716 g/mol. The van der Waals surface area contributed by atoms with Crippen molar-refractivity contribution in [3.05, 3.63) is 82.0 Å². The van der Waals surface area contributed by atoms with E-state index in [1.54, 1.807) is 0 Å². The molecular weight excluding hydrogens is 659 g/mol. The summed E-state index contributed by atoms with van der Waals surface area (Å²) in [4.78, 5) is 41.0. The lowest BCUT2D eigenvalue weighted by molar-refractivity contribution is -0.294. The van der Waals surface area contributed by atoms with Gasteiger partial charge in [-0.2, -0.15) is 5.06 Å². The molecule has 0 N–H and O–H groups in total. The molecule has 2 fully saturated rings. The Morgan fingerprint density at radius 3 is 1.57 bits per heavy atom. The molecule has 4 rings (SSSR count). The highest BCUT2D eigenvalue weighted by Crippen LogP contribution is 2.41. The van der Waals surface area contributed by atoms with Crippen molar-refractivity contribution in [1.29, 1.82) is 0 Å². The second-order valence-corrected chi connectivity index (χ2v) is 16.5. The summed E-state index contributed by atoms with van der Waals surface area (Å²) in [5.74, 6) is 0. The standard InChI is InChI=1S/C39H56Cl2N4O4/c1-30-22-35(23-37(2,3)44(30)48-26-31-12-16-33(40)17-13-31)42(28-46)20-10-8-9-11-21-43(29-47)36-24-38(4,5)45(39(6,7)25-36)49-27-32-14-18-34(41)19-15-32/h12-19,28-29,35-36H,1,8-11,20-27H2,2-7H3. The highest BCUT2D eigenvalue weighted by molar-refractivity contribution is 6.30. The Hall–Kier alpha value is -2.62. The number of hydrogen-bond acceptors (Lipinski definition) is 6. The van der Waals surface area contributed by atoms with E-state index in [9.17, 15) is 9.59 Å². The maximum atomic E-state index is 12.3. The minimum absolute atomic E-state index is 0.0775. The first-order valence-corrected chi connectivity index (χ1v) is 18.4. The van der Waals surface area contributed by atoms with Gasteiger partial charge in [-0.25, -0.2) is 0 Å². The van der Waals surface area contributed by atoms with E-state index in [2.05, 4.69) is 53.2 Å². The van der Waals surface area contributed by atoms with Gasteiger partial charge in [0, 0.05) is 58.4 Å². The van der Waals surface area contributed by atoms with Gasteiger partial charge in [0.25, 0.3) is 0 Å². The third-order valence-corrected chi connectivity index (χ3v) is 10.5. The van der Waals surface area contributed by atoms with Gasteiger partial charge in [-0.15, -0.1) is 0 Å². The monoisotopic (exact) mass is 714 g/mol. The molecule has 1 atom stereocenters. The Labute approximate surface area is 304 Å². The van der Waals surface area contributed by atoms with Crippen LogP contribution in [-0.4, -0.2) is 74.5 Å². The number of hydroxylamine groups is 4. The number of carbonyl (C=O) groups excluding carboxylic acids is 2. The predicted molar refractivity (Wildman–Crippen MR) is 198 cm³/mol. The number of carbonyl (C=O) groups is 2. The van der Waals surface area contributed by atoms with E-state index in [0.29, 0.717) is 36.2 Å². The second-order valence-electron chi connectivity index (χ2n) is 15.6. The van der Waals surface area contributed by atoms with Crippen LogP contribution in [0.3, 0.4) is 0 Å². The third-order valence-electron chi connectivity index (χ3n) is 9.95. The van der Waals surface area contributed by atoms with Gasteiger partial charge in [0.1, 0.15) is 0 Å². The average Bonchev–Trinajstić information content (AvgIpc) is 3.02. The molecule has 270 valence electrons. The molecule has 0 spiro atoms. The quantitative estimate of drug-likeness (QED) is 0.121. The SMILES string of the molecule is C=C1CC(N(C=O)CCCCCCN(C=O)C2CC(C)(C)N(OCc3ccc(Cl)cc3)C(C)(C)C2)CC(C)(C)N1OCc1ccc(Cl)cc1. The van der Waals surface area contributed by atoms with E-state index in [0.717, 1.165) is 81.1 Å². The summed E-state index contributed by atoms with van der Waals surface area (Å²) in [7, 11) is 0. The van der Waals surface area contributed by atoms with E-state index in [4.69, 9.17) is 32.9 Å². The summed E-state index contributed by atoms with van der Waals surface area (Å²) < 4.78 is 0. The fraction of sp³-hybridized carbons (Fsp3) is 0.590. The number of amides is 2. The number of unbranched alkanes of at least 4 members (excludes halogenated alkanes) is 3. The Bertz CT molecular complexity index is 1360. The van der Waals surface area contributed by atoms with Crippen molar-refractivity contribution < 1.29 is 19.3 Å². The molecule has 2 aliphatic heterocycles. The molecule has 0 saturated carbocycles. The maximum absolute atomic E-state index is 12.3. The smallest absolute Gasteiger partial charge is 0.209 e. The number of hydrogen-bond donors (Lipinski definition) is 0. The van der Waals surface area contributed by atoms with E-state index < -0.39 is 0 Å². The lowest BCUT2D eigenvalue weighted by Gasteiger charge is -2.55. The van der Waals surface area contributed by atoms with Crippen molar-refractivity contribution in [2.45, 2.75) is 135 Å². The molecule has 2 aromatic rings. The summed E-state index contributed by atoms with van der Waals surface area (Å²) in [5.41, 5.74) is 2.17. The first-order valence-electron chi connectivity index (χ1n) is 17.6. The molecule has 2 amide bonds. The number of benzene rings is 2. The van der Waals surface area contributed by atoms with E-state index >= 15 is 0 Å². The minimum Gasteiger partial charge on any atom is -0.342 e. The molecule has 2 heterocycles. The van der Waals surface area contributed by atoms with Crippen molar-refractivity contribution in [2.24, 2.45) is 0 Å². The summed E-state index contributed by atoms with van der Waals surface area (Å²) >= 11 is 12.1. The van der Waals surface area contributed by atoms with Gasteiger partial charge in [0.05, 0.1) is 18.8 Å². The van der Waals surface area contributed by atoms with Crippen molar-refractivity contribution in [2.75, 3.05) is 13.1 Å². The van der Waals surface area contributed by atoms with Crippen molar-refractivity contribution in [1.82, 2.24) is 19.9 Å². The van der Waals surface area contributed by atoms with Gasteiger partial charge in [-0.1, -0.05) is 66.9 Å². The van der Waals surface area contributed by atoms with Crippen LogP contribution in [0, 0.1) is 0 Å². The van der Waals surface area contributed by atoms with Crippen LogP contribution in [0.5, 0.6) is 0 Å². The van der Waals surface area contributed by atoms with Gasteiger partial charge in [-0.3, -0.25) is 24.3 Å². The molecule has 2 aliphatic rings. The van der Waals surface area contributed by atoms with Crippen LogP contribution < -0.4 is 0 Å². The summed E-state index contributed by atoms with van der Waals surface area (Å²) in [6.45, 7) is 19.7. The lowest BCUT2D eigenvalue weighted by atomic mass is 9.78. The Balaban J connectivity index is 1.19. The zero-order valence-corrected chi connectivity index (χ0v) is 31.8. The maximum Gasteiger partial charge on any atom is 0.209 e. The summed E-state index contributed by atoms with van der Waals surface area (Å²) in [6, 6.07) is 15.6. The zero-order chi connectivity index (χ0) is 35.8. The van der Waals surface area contributed by atoms with Gasteiger partial charge in [0.2, 0.25) is 12.8 Å². The Morgan fingerprint density at radius 1 is 0.694 bits per heavy atom. The molecule has 1 unspecified atom stereocenters. The van der Waals surface area contributed by atoms with E-state index in [-0.39, 0.29) is 28.7 Å². The highest BCUT2D eigenvalue weighted by atomic mass is 35.5. The Morgan fingerprint density at radius 2 is 1.12 bits per heavy atom. The summed E-state index contributed by atoms with van der Waals surface area (Å²) in [6.07, 6.45) is 8.99. The molecule has 0 aromatic heterocycles. The molecule has 0 radical (unpaired) electrons. The predicted octanol–water partition coefficient (Wildman–Crippen LogP) is 8.81. The highest BCUT2D eigenvalue weighted by Gasteiger charge is 2.48. The molecular formula is C39H56Cl2N4O4. The minimum atomic E-state index is -0.311. The lowest BCUT2D eigenvalue weighted by Crippen LogP contribution is -2.63.